The molecule has 29 heavy (non-hydrogen) atoms. The van der Waals surface area contributed by atoms with Gasteiger partial charge in [-0.3, -0.25) is 0 Å². The van der Waals surface area contributed by atoms with Gasteiger partial charge in [-0.15, -0.1) is 0 Å². The Labute approximate surface area is 171 Å². The number of benzene rings is 4. The third-order valence-electron chi connectivity index (χ3n) is 5.78. The van der Waals surface area contributed by atoms with E-state index < -0.39 is 0 Å². The van der Waals surface area contributed by atoms with Crippen LogP contribution in [0.2, 0.25) is 0 Å². The van der Waals surface area contributed by atoms with Crippen molar-refractivity contribution in [1.29, 1.82) is 0 Å². The SMILES string of the molecule is COc1ccc(-c2ccc3c(c2)-c2cc(-c4ccc(CO)cc4)ccc2C3)cc1. The number of ether oxygens (including phenoxy) is 1. The first-order chi connectivity index (χ1) is 14.2. The smallest absolute Gasteiger partial charge is 0.118 e. The van der Waals surface area contributed by atoms with Crippen molar-refractivity contribution < 1.29 is 9.84 Å². The normalized spacial score (nSPS) is 11.8. The molecule has 4 aromatic rings. The lowest BCUT2D eigenvalue weighted by molar-refractivity contribution is 0.282. The molecule has 0 saturated carbocycles. The van der Waals surface area contributed by atoms with Gasteiger partial charge in [-0.05, 0) is 80.8 Å². The molecule has 0 bridgehead atoms. The van der Waals surface area contributed by atoms with Gasteiger partial charge in [-0.1, -0.05) is 60.7 Å². The standard InChI is InChI=1S/C27H22O2/c1-29-25-12-10-20(11-13-25)22-7-9-24-14-23-8-6-21(15-26(23)27(24)16-22)19-4-2-18(17-28)3-5-19/h2-13,15-16,28H,14,17H2,1H3. The Morgan fingerprint density at radius 2 is 1.14 bits per heavy atom. The minimum atomic E-state index is 0.0754. The molecule has 0 atom stereocenters. The van der Waals surface area contributed by atoms with E-state index in [9.17, 15) is 5.11 Å². The quantitative estimate of drug-likeness (QED) is 0.410. The molecule has 0 aromatic heterocycles. The van der Waals surface area contributed by atoms with Gasteiger partial charge in [0.05, 0.1) is 13.7 Å². The zero-order chi connectivity index (χ0) is 19.8. The van der Waals surface area contributed by atoms with Gasteiger partial charge < -0.3 is 9.84 Å². The van der Waals surface area contributed by atoms with Gasteiger partial charge in [0.25, 0.3) is 0 Å². The van der Waals surface area contributed by atoms with Crippen LogP contribution in [0.1, 0.15) is 16.7 Å². The summed E-state index contributed by atoms with van der Waals surface area (Å²) in [6.07, 6.45) is 0.983. The van der Waals surface area contributed by atoms with Crippen LogP contribution < -0.4 is 4.74 Å². The summed E-state index contributed by atoms with van der Waals surface area (Å²) >= 11 is 0. The maximum atomic E-state index is 9.28. The van der Waals surface area contributed by atoms with E-state index in [1.54, 1.807) is 7.11 Å². The summed E-state index contributed by atoms with van der Waals surface area (Å²) in [5, 5.41) is 9.28. The highest BCUT2D eigenvalue weighted by Crippen LogP contribution is 2.41. The summed E-state index contributed by atoms with van der Waals surface area (Å²) in [5.41, 5.74) is 11.1. The van der Waals surface area contributed by atoms with Crippen LogP contribution in [-0.4, -0.2) is 12.2 Å². The van der Waals surface area contributed by atoms with Crippen LogP contribution in [-0.2, 0) is 13.0 Å². The van der Waals surface area contributed by atoms with E-state index in [2.05, 4.69) is 60.7 Å². The van der Waals surface area contributed by atoms with Crippen LogP contribution in [0.25, 0.3) is 33.4 Å². The van der Waals surface area contributed by atoms with Crippen molar-refractivity contribution in [3.05, 3.63) is 102 Å². The van der Waals surface area contributed by atoms with E-state index in [0.29, 0.717) is 0 Å². The number of aliphatic hydroxyl groups is 1. The van der Waals surface area contributed by atoms with Crippen molar-refractivity contribution in [1.82, 2.24) is 0 Å². The summed E-state index contributed by atoms with van der Waals surface area (Å²) in [7, 11) is 1.69. The van der Waals surface area contributed by atoms with E-state index in [1.165, 1.54) is 44.5 Å². The second kappa shape index (κ2) is 7.23. The molecule has 5 rings (SSSR count). The molecule has 1 aliphatic rings. The summed E-state index contributed by atoms with van der Waals surface area (Å²) in [5.74, 6) is 0.872. The summed E-state index contributed by atoms with van der Waals surface area (Å²) < 4.78 is 5.28. The summed E-state index contributed by atoms with van der Waals surface area (Å²) in [6.45, 7) is 0.0754. The average molecular weight is 378 g/mol. The third kappa shape index (κ3) is 3.22. The first-order valence-corrected chi connectivity index (χ1v) is 9.86. The molecule has 4 aromatic carbocycles. The second-order valence-corrected chi connectivity index (χ2v) is 7.50. The molecule has 2 nitrogen and oxygen atoms in total. The molecule has 0 amide bonds. The zero-order valence-electron chi connectivity index (χ0n) is 16.4. The van der Waals surface area contributed by atoms with Gasteiger partial charge in [0.1, 0.15) is 5.75 Å². The van der Waals surface area contributed by atoms with Crippen LogP contribution in [0.4, 0.5) is 0 Å². The molecule has 0 fully saturated rings. The van der Waals surface area contributed by atoms with Crippen LogP contribution >= 0.6 is 0 Å². The maximum Gasteiger partial charge on any atom is 0.118 e. The van der Waals surface area contributed by atoms with Gasteiger partial charge in [-0.25, -0.2) is 0 Å². The highest BCUT2D eigenvalue weighted by atomic mass is 16.5. The van der Waals surface area contributed by atoms with Crippen molar-refractivity contribution in [3.8, 4) is 39.1 Å². The highest BCUT2D eigenvalue weighted by molar-refractivity contribution is 5.84. The van der Waals surface area contributed by atoms with Crippen LogP contribution in [0.3, 0.4) is 0 Å². The number of fused-ring (bicyclic) bond motifs is 3. The molecule has 142 valence electrons. The van der Waals surface area contributed by atoms with Gasteiger partial charge in [0, 0.05) is 0 Å². The fraction of sp³-hybridized carbons (Fsp3) is 0.111. The van der Waals surface area contributed by atoms with Crippen LogP contribution in [0, 0.1) is 0 Å². The maximum absolute atomic E-state index is 9.28. The van der Waals surface area contributed by atoms with E-state index in [-0.39, 0.29) is 6.61 Å². The predicted octanol–water partition coefficient (Wildman–Crippen LogP) is 6.09. The molecule has 1 aliphatic carbocycles. The zero-order valence-corrected chi connectivity index (χ0v) is 16.4. The fourth-order valence-corrected chi connectivity index (χ4v) is 4.11. The lowest BCUT2D eigenvalue weighted by Crippen LogP contribution is -1.86. The topological polar surface area (TPSA) is 29.5 Å². The third-order valence-corrected chi connectivity index (χ3v) is 5.78. The lowest BCUT2D eigenvalue weighted by Gasteiger charge is -2.09. The Morgan fingerprint density at radius 3 is 1.62 bits per heavy atom. The van der Waals surface area contributed by atoms with E-state index in [4.69, 9.17) is 4.74 Å². The van der Waals surface area contributed by atoms with Gasteiger partial charge in [0.2, 0.25) is 0 Å². The second-order valence-electron chi connectivity index (χ2n) is 7.50. The van der Waals surface area contributed by atoms with E-state index >= 15 is 0 Å². The minimum Gasteiger partial charge on any atom is -0.497 e. The van der Waals surface area contributed by atoms with Crippen molar-refractivity contribution >= 4 is 0 Å². The lowest BCUT2D eigenvalue weighted by atomic mass is 9.96. The summed E-state index contributed by atoms with van der Waals surface area (Å²) in [4.78, 5) is 0. The Kier molecular flexibility index (Phi) is 4.42. The average Bonchev–Trinajstić information content (AvgIpc) is 3.16. The van der Waals surface area contributed by atoms with Crippen LogP contribution in [0.5, 0.6) is 5.75 Å². The molecule has 0 spiro atoms. The Morgan fingerprint density at radius 1 is 0.655 bits per heavy atom. The van der Waals surface area contributed by atoms with Crippen LogP contribution in [0.15, 0.2) is 84.9 Å². The van der Waals surface area contributed by atoms with Crippen molar-refractivity contribution in [2.45, 2.75) is 13.0 Å². The van der Waals surface area contributed by atoms with E-state index in [1.807, 2.05) is 24.3 Å². The number of hydrogen-bond acceptors (Lipinski definition) is 2. The largest absolute Gasteiger partial charge is 0.497 e. The molecule has 1 N–H and O–H groups in total. The molecule has 0 heterocycles. The molecular weight excluding hydrogens is 356 g/mol. The van der Waals surface area contributed by atoms with E-state index in [0.717, 1.165) is 17.7 Å². The molecule has 2 heteroatoms. The predicted molar refractivity (Wildman–Crippen MR) is 118 cm³/mol. The number of methoxy groups -OCH3 is 1. The Bertz CT molecular complexity index is 1080. The summed E-state index contributed by atoms with van der Waals surface area (Å²) in [6, 6.07) is 29.9. The molecule has 0 radical (unpaired) electrons. The Balaban J connectivity index is 1.54. The highest BCUT2D eigenvalue weighted by Gasteiger charge is 2.19. The Hall–Kier alpha value is -3.36. The number of rotatable bonds is 4. The molecule has 0 saturated heterocycles. The fourth-order valence-electron chi connectivity index (χ4n) is 4.11. The molecule has 0 aliphatic heterocycles. The minimum absolute atomic E-state index is 0.0754. The molecule has 0 unspecified atom stereocenters. The first kappa shape index (κ1) is 17.7. The van der Waals surface area contributed by atoms with Gasteiger partial charge >= 0.3 is 0 Å². The first-order valence-electron chi connectivity index (χ1n) is 9.86. The van der Waals surface area contributed by atoms with Gasteiger partial charge in [0.15, 0.2) is 0 Å². The monoisotopic (exact) mass is 378 g/mol. The van der Waals surface area contributed by atoms with Crippen molar-refractivity contribution in [2.75, 3.05) is 7.11 Å². The van der Waals surface area contributed by atoms with Crippen molar-refractivity contribution in [2.24, 2.45) is 0 Å². The molecular formula is C27H22O2. The number of aliphatic hydroxyl groups excluding tert-OH is 1. The number of hydrogen-bond donors (Lipinski definition) is 1. The van der Waals surface area contributed by atoms with Gasteiger partial charge in [-0.2, -0.15) is 0 Å². The van der Waals surface area contributed by atoms with Crippen molar-refractivity contribution in [3.63, 3.8) is 0 Å².